The Balaban J connectivity index is 2.46. The van der Waals surface area contributed by atoms with E-state index in [1.807, 2.05) is 13.0 Å². The molecule has 2 aromatic rings. The Morgan fingerprint density at radius 1 is 1.00 bits per heavy atom. The second-order valence-corrected chi connectivity index (χ2v) is 5.41. The average molecular weight is 254 g/mol. The molecule has 0 heterocycles. The Morgan fingerprint density at radius 3 is 2.32 bits per heavy atom. The van der Waals surface area contributed by atoms with Gasteiger partial charge in [0.05, 0.1) is 6.10 Å². The van der Waals surface area contributed by atoms with Crippen molar-refractivity contribution in [1.82, 2.24) is 0 Å². The molecule has 2 atom stereocenters. The summed E-state index contributed by atoms with van der Waals surface area (Å²) in [5, 5.41) is 9.81. The highest BCUT2D eigenvalue weighted by atomic mass is 16.3. The fourth-order valence-corrected chi connectivity index (χ4v) is 2.60. The van der Waals surface area contributed by atoms with E-state index in [9.17, 15) is 5.11 Å². The molecule has 1 nitrogen and oxygen atoms in total. The van der Waals surface area contributed by atoms with Gasteiger partial charge in [-0.2, -0.15) is 0 Å². The van der Waals surface area contributed by atoms with Gasteiger partial charge in [-0.1, -0.05) is 54.1 Å². The standard InChI is InChI=1S/C18H22O/c1-13-9-10-14(2)17(11-13)18(12-15(3)19)16-7-5-4-6-8-16/h4-11,15,18-19H,12H2,1-3H3. The molecule has 0 bridgehead atoms. The van der Waals surface area contributed by atoms with Gasteiger partial charge in [0.2, 0.25) is 0 Å². The Hall–Kier alpha value is -1.60. The molecule has 2 aromatic carbocycles. The number of aryl methyl sites for hydroxylation is 2. The van der Waals surface area contributed by atoms with E-state index in [1.54, 1.807) is 0 Å². The number of aliphatic hydroxyl groups excluding tert-OH is 1. The zero-order valence-electron chi connectivity index (χ0n) is 11.9. The van der Waals surface area contributed by atoms with Gasteiger partial charge in [-0.3, -0.25) is 0 Å². The van der Waals surface area contributed by atoms with Crippen LogP contribution in [0, 0.1) is 13.8 Å². The maximum atomic E-state index is 9.81. The van der Waals surface area contributed by atoms with Crippen molar-refractivity contribution in [2.75, 3.05) is 0 Å². The molecule has 0 spiro atoms. The first kappa shape index (κ1) is 13.8. The molecule has 0 saturated heterocycles. The van der Waals surface area contributed by atoms with Gasteiger partial charge in [0, 0.05) is 5.92 Å². The molecule has 0 saturated carbocycles. The van der Waals surface area contributed by atoms with Crippen LogP contribution in [0.25, 0.3) is 0 Å². The summed E-state index contributed by atoms with van der Waals surface area (Å²) in [6, 6.07) is 17.0. The van der Waals surface area contributed by atoms with Gasteiger partial charge in [0.25, 0.3) is 0 Å². The second kappa shape index (κ2) is 6.03. The quantitative estimate of drug-likeness (QED) is 0.866. The molecule has 19 heavy (non-hydrogen) atoms. The van der Waals surface area contributed by atoms with Crippen LogP contribution in [0.4, 0.5) is 0 Å². The zero-order chi connectivity index (χ0) is 13.8. The Bertz CT molecular complexity index is 529. The van der Waals surface area contributed by atoms with Gasteiger partial charge in [0.15, 0.2) is 0 Å². The van der Waals surface area contributed by atoms with Crippen LogP contribution in [0.5, 0.6) is 0 Å². The summed E-state index contributed by atoms with van der Waals surface area (Å²) in [6.07, 6.45) is 0.457. The van der Waals surface area contributed by atoms with Crippen LogP contribution in [0.2, 0.25) is 0 Å². The lowest BCUT2D eigenvalue weighted by Gasteiger charge is -2.22. The van der Waals surface area contributed by atoms with Gasteiger partial charge in [-0.15, -0.1) is 0 Å². The van der Waals surface area contributed by atoms with E-state index in [0.29, 0.717) is 0 Å². The lowest BCUT2D eigenvalue weighted by molar-refractivity contribution is 0.179. The first-order chi connectivity index (χ1) is 9.08. The molecule has 2 unspecified atom stereocenters. The van der Waals surface area contributed by atoms with Crippen molar-refractivity contribution in [1.29, 1.82) is 0 Å². The maximum absolute atomic E-state index is 9.81. The summed E-state index contributed by atoms with van der Waals surface area (Å²) in [5.41, 5.74) is 5.16. The summed E-state index contributed by atoms with van der Waals surface area (Å²) in [4.78, 5) is 0. The molecule has 0 amide bonds. The summed E-state index contributed by atoms with van der Waals surface area (Å²) >= 11 is 0. The third-order valence-electron chi connectivity index (χ3n) is 3.59. The maximum Gasteiger partial charge on any atom is 0.0521 e. The predicted molar refractivity (Wildman–Crippen MR) is 80.5 cm³/mol. The van der Waals surface area contributed by atoms with Gasteiger partial charge >= 0.3 is 0 Å². The topological polar surface area (TPSA) is 20.2 Å². The molecule has 0 aliphatic rings. The Labute approximate surface area is 115 Å². The summed E-state index contributed by atoms with van der Waals surface area (Å²) < 4.78 is 0. The fourth-order valence-electron chi connectivity index (χ4n) is 2.60. The minimum absolute atomic E-state index is 0.265. The van der Waals surface area contributed by atoms with Crippen LogP contribution < -0.4 is 0 Å². The predicted octanol–water partition coefficient (Wildman–Crippen LogP) is 4.21. The van der Waals surface area contributed by atoms with E-state index in [1.165, 1.54) is 22.3 Å². The van der Waals surface area contributed by atoms with Gasteiger partial charge in [-0.25, -0.2) is 0 Å². The first-order valence-electron chi connectivity index (χ1n) is 6.88. The molecule has 1 heteroatoms. The molecule has 1 N–H and O–H groups in total. The van der Waals surface area contributed by atoms with Crippen molar-refractivity contribution < 1.29 is 5.11 Å². The van der Waals surface area contributed by atoms with Crippen LogP contribution in [0.1, 0.15) is 41.5 Å². The van der Waals surface area contributed by atoms with Crippen molar-refractivity contribution in [3.63, 3.8) is 0 Å². The highest BCUT2D eigenvalue weighted by molar-refractivity contribution is 5.39. The van der Waals surface area contributed by atoms with E-state index in [0.717, 1.165) is 6.42 Å². The minimum Gasteiger partial charge on any atom is -0.393 e. The zero-order valence-corrected chi connectivity index (χ0v) is 11.9. The van der Waals surface area contributed by atoms with Crippen molar-refractivity contribution in [3.8, 4) is 0 Å². The highest BCUT2D eigenvalue weighted by Gasteiger charge is 2.18. The number of rotatable bonds is 4. The summed E-state index contributed by atoms with van der Waals surface area (Å²) in [6.45, 7) is 6.13. The highest BCUT2D eigenvalue weighted by Crippen LogP contribution is 2.31. The van der Waals surface area contributed by atoms with Crippen molar-refractivity contribution in [2.24, 2.45) is 0 Å². The molecule has 0 fully saturated rings. The number of aliphatic hydroxyl groups is 1. The lowest BCUT2D eigenvalue weighted by Crippen LogP contribution is -2.11. The lowest BCUT2D eigenvalue weighted by atomic mass is 9.84. The Morgan fingerprint density at radius 2 is 1.68 bits per heavy atom. The largest absolute Gasteiger partial charge is 0.393 e. The molecular weight excluding hydrogens is 232 g/mol. The molecule has 100 valence electrons. The first-order valence-corrected chi connectivity index (χ1v) is 6.88. The summed E-state index contributed by atoms with van der Waals surface area (Å²) in [5.74, 6) is 0.265. The number of hydrogen-bond donors (Lipinski definition) is 1. The minimum atomic E-state index is -0.301. The van der Waals surface area contributed by atoms with Crippen LogP contribution in [-0.2, 0) is 0 Å². The van der Waals surface area contributed by atoms with Crippen molar-refractivity contribution >= 4 is 0 Å². The van der Waals surface area contributed by atoms with Gasteiger partial charge in [-0.05, 0) is 43.9 Å². The number of benzene rings is 2. The number of hydrogen-bond acceptors (Lipinski definition) is 1. The molecule has 0 aliphatic carbocycles. The molecular formula is C18H22O. The average Bonchev–Trinajstić information content (AvgIpc) is 2.40. The smallest absolute Gasteiger partial charge is 0.0521 e. The van der Waals surface area contributed by atoms with E-state index >= 15 is 0 Å². The third kappa shape index (κ3) is 3.45. The van der Waals surface area contributed by atoms with Crippen molar-refractivity contribution in [3.05, 3.63) is 70.8 Å². The van der Waals surface area contributed by atoms with Crippen LogP contribution in [0.15, 0.2) is 48.5 Å². The molecule has 0 aromatic heterocycles. The third-order valence-corrected chi connectivity index (χ3v) is 3.59. The Kier molecular flexibility index (Phi) is 4.39. The van der Waals surface area contributed by atoms with Gasteiger partial charge in [0.1, 0.15) is 0 Å². The monoisotopic (exact) mass is 254 g/mol. The van der Waals surface area contributed by atoms with Crippen LogP contribution in [-0.4, -0.2) is 11.2 Å². The van der Waals surface area contributed by atoms with E-state index in [2.05, 4.69) is 56.3 Å². The van der Waals surface area contributed by atoms with Gasteiger partial charge < -0.3 is 5.11 Å². The molecule has 0 radical (unpaired) electrons. The summed E-state index contributed by atoms with van der Waals surface area (Å²) in [7, 11) is 0. The van der Waals surface area contributed by atoms with E-state index in [-0.39, 0.29) is 12.0 Å². The van der Waals surface area contributed by atoms with E-state index < -0.39 is 0 Å². The molecule has 2 rings (SSSR count). The van der Waals surface area contributed by atoms with Crippen molar-refractivity contribution in [2.45, 2.75) is 39.2 Å². The second-order valence-electron chi connectivity index (χ2n) is 5.41. The fraction of sp³-hybridized carbons (Fsp3) is 0.333. The molecule has 0 aliphatic heterocycles. The normalized spacial score (nSPS) is 14.1. The van der Waals surface area contributed by atoms with E-state index in [4.69, 9.17) is 0 Å². The van der Waals surface area contributed by atoms with Crippen LogP contribution in [0.3, 0.4) is 0 Å². The van der Waals surface area contributed by atoms with Crippen LogP contribution >= 0.6 is 0 Å². The SMILES string of the molecule is Cc1ccc(C)c(C(CC(C)O)c2ccccc2)c1.